The maximum atomic E-state index is 14.9. The number of amides is 3. The lowest BCUT2D eigenvalue weighted by Gasteiger charge is -2.14. The number of nitrogens with one attached hydrogen (secondary N) is 4. The third-order valence-corrected chi connectivity index (χ3v) is 10.3. The first kappa shape index (κ1) is 31.6. The van der Waals surface area contributed by atoms with Crippen molar-refractivity contribution in [2.45, 2.75) is 30.2 Å². The van der Waals surface area contributed by atoms with Crippen LogP contribution in [-0.4, -0.2) is 21.1 Å². The molecule has 3 unspecified atom stereocenters. The van der Waals surface area contributed by atoms with Crippen LogP contribution in [-0.2, 0) is 23.4 Å². The lowest BCUT2D eigenvalue weighted by molar-refractivity contribution is 0.102. The number of nitrogens with two attached hydrogens (primary N) is 1. The second-order valence-electron chi connectivity index (χ2n) is 9.53. The molecule has 0 saturated carbocycles. The number of thioether (sulfide) groups is 1. The molecule has 0 bridgehead atoms. The third-order valence-electron chi connectivity index (χ3n) is 6.55. The lowest BCUT2D eigenvalue weighted by atomic mass is 10.1. The summed E-state index contributed by atoms with van der Waals surface area (Å²) in [4.78, 5) is 30.7. The Bertz CT molecular complexity index is 1780. The zero-order valence-corrected chi connectivity index (χ0v) is 26.8. The number of thiazole rings is 1. The molecule has 9 nitrogen and oxygen atoms in total. The number of rotatable bonds is 9. The smallest absolute Gasteiger partial charge is 0.321 e. The number of aromatic nitrogens is 1. The van der Waals surface area contributed by atoms with Gasteiger partial charge in [-0.1, -0.05) is 42.5 Å². The second kappa shape index (κ2) is 13.9. The van der Waals surface area contributed by atoms with Gasteiger partial charge in [0.2, 0.25) is 0 Å². The molecule has 228 valence electrons. The van der Waals surface area contributed by atoms with E-state index in [0.717, 1.165) is 35.0 Å². The highest BCUT2D eigenvalue weighted by Crippen LogP contribution is 2.44. The van der Waals surface area contributed by atoms with Crippen LogP contribution in [0.2, 0.25) is 0 Å². The summed E-state index contributed by atoms with van der Waals surface area (Å²) in [6.45, 7) is 2.21. The molecule has 0 spiro atoms. The predicted molar refractivity (Wildman–Crippen MR) is 177 cm³/mol. The van der Waals surface area contributed by atoms with E-state index in [9.17, 15) is 22.6 Å². The molecule has 2 heterocycles. The normalized spacial score (nSPS) is 14.8. The van der Waals surface area contributed by atoms with Crippen molar-refractivity contribution in [2.75, 3.05) is 16.4 Å². The summed E-state index contributed by atoms with van der Waals surface area (Å²) in [5.74, 6) is -2.03. The van der Waals surface area contributed by atoms with Crippen LogP contribution in [0.5, 0.6) is 0 Å². The van der Waals surface area contributed by atoms with Gasteiger partial charge in [0, 0.05) is 28.6 Å². The Hall–Kier alpha value is -3.84. The number of nitrogen functional groups attached to an aromatic ring is 1. The van der Waals surface area contributed by atoms with Crippen LogP contribution in [0.15, 0.2) is 71.0 Å². The maximum absolute atomic E-state index is 14.9. The number of aryl methyl sites for hydroxylation is 1. The largest absolute Gasteiger partial charge is 0.383 e. The summed E-state index contributed by atoms with van der Waals surface area (Å²) in [5.41, 5.74) is 8.57. The van der Waals surface area contributed by atoms with E-state index in [0.29, 0.717) is 21.0 Å². The molecular weight excluding hydrogens is 646 g/mol. The van der Waals surface area contributed by atoms with Crippen LogP contribution in [0, 0.1) is 11.6 Å². The molecule has 1 aromatic heterocycles. The maximum Gasteiger partial charge on any atom is 0.321 e. The van der Waals surface area contributed by atoms with Gasteiger partial charge in [0.25, 0.3) is 5.91 Å². The van der Waals surface area contributed by atoms with Gasteiger partial charge in [-0.15, -0.1) is 11.8 Å². The zero-order chi connectivity index (χ0) is 31.4. The predicted octanol–water partition coefficient (Wildman–Crippen LogP) is 6.37. The number of hydrogen-bond acceptors (Lipinski definition) is 8. The van der Waals surface area contributed by atoms with E-state index in [4.69, 9.17) is 5.73 Å². The van der Waals surface area contributed by atoms with Crippen molar-refractivity contribution in [3.05, 3.63) is 105 Å². The first-order chi connectivity index (χ1) is 21.1. The van der Waals surface area contributed by atoms with E-state index in [-0.39, 0.29) is 28.7 Å². The van der Waals surface area contributed by atoms with E-state index in [1.807, 2.05) is 13.0 Å². The summed E-state index contributed by atoms with van der Waals surface area (Å²) in [5, 5.41) is 12.6. The Kier molecular flexibility index (Phi) is 9.94. The molecule has 0 radical (unpaired) electrons. The summed E-state index contributed by atoms with van der Waals surface area (Å²) in [6, 6.07) is 15.5. The number of carbonyl (C=O) groups is 2. The lowest BCUT2D eigenvalue weighted by Crippen LogP contribution is -2.28. The Balaban J connectivity index is 1.22. The highest BCUT2D eigenvalue weighted by Gasteiger charge is 2.27. The molecule has 3 amide bonds. The molecule has 3 aromatic carbocycles. The summed E-state index contributed by atoms with van der Waals surface area (Å²) < 4.78 is 41.1. The second-order valence-corrected chi connectivity index (χ2v) is 13.9. The SMILES string of the molecule is CCc1cccc(C(=O)Nc2cc(C3=CSC(c4sc(NC(=O)NCc5ccc(S(=O)P)cc5)nc4N)N3)c(F)cc2F)c1. The minimum Gasteiger partial charge on any atom is -0.383 e. The first-order valence-electron chi connectivity index (χ1n) is 13.2. The number of nitrogens with zero attached hydrogens (tertiary/aromatic N) is 1. The van der Waals surface area contributed by atoms with Crippen molar-refractivity contribution in [2.24, 2.45) is 0 Å². The van der Waals surface area contributed by atoms with Crippen LogP contribution >= 0.6 is 31.5 Å². The number of hydrogen-bond donors (Lipinski definition) is 5. The molecule has 0 fully saturated rings. The molecular formula is C29H27F2N6O3PS3. The van der Waals surface area contributed by atoms with Gasteiger partial charge in [-0.2, -0.15) is 0 Å². The number of anilines is 3. The molecule has 0 saturated heterocycles. The Morgan fingerprint density at radius 3 is 2.57 bits per heavy atom. The molecule has 3 atom stereocenters. The minimum absolute atomic E-state index is 0.0665. The fraction of sp³-hybridized carbons (Fsp3) is 0.138. The van der Waals surface area contributed by atoms with Crippen LogP contribution in [0.1, 0.15) is 44.2 Å². The molecule has 0 aliphatic carbocycles. The monoisotopic (exact) mass is 672 g/mol. The Morgan fingerprint density at radius 2 is 1.84 bits per heavy atom. The van der Waals surface area contributed by atoms with Gasteiger partial charge in [-0.05, 0) is 61.7 Å². The third kappa shape index (κ3) is 7.44. The molecule has 5 rings (SSSR count). The number of halogens is 2. The van der Waals surface area contributed by atoms with Gasteiger partial charge in [0.05, 0.1) is 26.7 Å². The number of benzene rings is 3. The van der Waals surface area contributed by atoms with E-state index >= 15 is 0 Å². The number of urea groups is 1. The fourth-order valence-electron chi connectivity index (χ4n) is 4.24. The van der Waals surface area contributed by atoms with Gasteiger partial charge < -0.3 is 21.7 Å². The molecule has 6 N–H and O–H groups in total. The standard InChI is InChI=1S/C29H27F2N6O3PS3/c1-2-15-4-3-5-17(10-15)26(38)34-22-11-19(20(30)12-21(22)31)23-14-42-27(35-23)24-25(32)36-29(43-24)37-28(39)33-13-16-6-8-18(9-7-16)44(40)41/h3-12,14,27,35H,2,13,32,41H2,1H3,(H,34,38)(H2,33,36,37,39). The number of carbonyl (C=O) groups excluding carboxylic acids is 2. The Morgan fingerprint density at radius 1 is 1.07 bits per heavy atom. The fourth-order valence-corrected chi connectivity index (χ4v) is 7.15. The average Bonchev–Trinajstić information content (AvgIpc) is 3.63. The van der Waals surface area contributed by atoms with Crippen molar-refractivity contribution >= 4 is 76.2 Å². The van der Waals surface area contributed by atoms with Crippen molar-refractivity contribution in [1.29, 1.82) is 0 Å². The summed E-state index contributed by atoms with van der Waals surface area (Å²) in [6.07, 6.45) is 0.739. The first-order valence-corrected chi connectivity index (χ1v) is 17.6. The zero-order valence-electron chi connectivity index (χ0n) is 23.1. The van der Waals surface area contributed by atoms with Crippen LogP contribution in [0.4, 0.5) is 30.2 Å². The van der Waals surface area contributed by atoms with Gasteiger partial charge in [-0.3, -0.25) is 14.3 Å². The average molecular weight is 673 g/mol. The summed E-state index contributed by atoms with van der Waals surface area (Å²) in [7, 11) is 1.06. The van der Waals surface area contributed by atoms with Gasteiger partial charge >= 0.3 is 6.03 Å². The molecule has 1 aliphatic heterocycles. The van der Waals surface area contributed by atoms with Gasteiger partial charge in [0.15, 0.2) is 5.13 Å². The van der Waals surface area contributed by atoms with Gasteiger partial charge in [-0.25, -0.2) is 18.6 Å². The van der Waals surface area contributed by atoms with E-state index in [1.165, 1.54) is 17.8 Å². The molecule has 4 aromatic rings. The highest BCUT2D eigenvalue weighted by atomic mass is 32.7. The molecule has 1 aliphatic rings. The molecule has 15 heteroatoms. The van der Waals surface area contributed by atoms with Crippen LogP contribution in [0.3, 0.4) is 0 Å². The minimum atomic E-state index is -1.17. The van der Waals surface area contributed by atoms with Crippen molar-refractivity contribution in [3.8, 4) is 0 Å². The molecule has 44 heavy (non-hydrogen) atoms. The topological polar surface area (TPSA) is 138 Å². The van der Waals surface area contributed by atoms with Gasteiger partial charge in [0.1, 0.15) is 22.8 Å². The summed E-state index contributed by atoms with van der Waals surface area (Å²) >= 11 is 2.46. The van der Waals surface area contributed by atoms with E-state index < -0.39 is 39.4 Å². The van der Waals surface area contributed by atoms with Crippen molar-refractivity contribution < 1.29 is 22.6 Å². The van der Waals surface area contributed by atoms with E-state index in [1.54, 1.807) is 47.9 Å². The van der Waals surface area contributed by atoms with E-state index in [2.05, 4.69) is 34.7 Å². The van der Waals surface area contributed by atoms with Crippen LogP contribution in [0.25, 0.3) is 5.70 Å². The van der Waals surface area contributed by atoms with Crippen molar-refractivity contribution in [1.82, 2.24) is 15.6 Å². The van der Waals surface area contributed by atoms with Crippen LogP contribution < -0.4 is 27.0 Å². The quantitative estimate of drug-likeness (QED) is 0.130. The van der Waals surface area contributed by atoms with Crippen molar-refractivity contribution in [3.63, 3.8) is 0 Å². The Labute approximate surface area is 264 Å². The highest BCUT2D eigenvalue weighted by molar-refractivity contribution is 8.33.